The third-order valence-corrected chi connectivity index (χ3v) is 7.18. The van der Waals surface area contributed by atoms with E-state index in [-0.39, 0.29) is 33.8 Å². The Morgan fingerprint density at radius 2 is 1.66 bits per heavy atom. The van der Waals surface area contributed by atoms with Crippen LogP contribution >= 0.6 is 0 Å². The van der Waals surface area contributed by atoms with E-state index in [2.05, 4.69) is 17.0 Å². The maximum atomic E-state index is 13.2. The lowest BCUT2D eigenvalue weighted by Crippen LogP contribution is -2.41. The summed E-state index contributed by atoms with van der Waals surface area (Å²) in [6, 6.07) is 9.20. The second-order valence-corrected chi connectivity index (χ2v) is 9.53. The molecular formula is C23H30N2O6S. The van der Waals surface area contributed by atoms with Gasteiger partial charge in [0.2, 0.25) is 0 Å². The molecular weight excluding hydrogens is 432 g/mol. The number of nitrogens with one attached hydrogen (secondary N) is 2. The number of amides is 1. The minimum absolute atomic E-state index is 0.0834. The molecule has 3 rings (SSSR count). The summed E-state index contributed by atoms with van der Waals surface area (Å²) in [4.78, 5) is 12.7. The van der Waals surface area contributed by atoms with E-state index in [1.807, 2.05) is 0 Å². The fourth-order valence-electron chi connectivity index (χ4n) is 3.89. The zero-order chi connectivity index (χ0) is 23.3. The second-order valence-electron chi connectivity index (χ2n) is 7.88. The van der Waals surface area contributed by atoms with Crippen LogP contribution in [0.1, 0.15) is 43.0 Å². The maximum absolute atomic E-state index is 13.2. The lowest BCUT2D eigenvalue weighted by molar-refractivity contribution is 0.0910. The average Bonchev–Trinajstić information content (AvgIpc) is 2.80. The molecule has 0 aromatic heterocycles. The molecule has 32 heavy (non-hydrogen) atoms. The summed E-state index contributed by atoms with van der Waals surface area (Å²) < 4.78 is 44.6. The van der Waals surface area contributed by atoms with Crippen LogP contribution in [0.15, 0.2) is 41.3 Å². The molecule has 0 radical (unpaired) electrons. The SMILES string of the molecule is COc1ccc(NS(=O)(=O)c2cc(C(=O)NC3CCCCC3C)ccc2OC)c(OC)c1. The Bertz CT molecular complexity index is 1070. The molecule has 9 heteroatoms. The van der Waals surface area contributed by atoms with Crippen LogP contribution in [0.3, 0.4) is 0 Å². The Labute approximate surface area is 189 Å². The van der Waals surface area contributed by atoms with Gasteiger partial charge >= 0.3 is 0 Å². The molecule has 0 bridgehead atoms. The van der Waals surface area contributed by atoms with Crippen LogP contribution in [0.4, 0.5) is 5.69 Å². The molecule has 2 atom stereocenters. The molecule has 174 valence electrons. The largest absolute Gasteiger partial charge is 0.497 e. The molecule has 2 unspecified atom stereocenters. The first-order chi connectivity index (χ1) is 15.3. The Morgan fingerprint density at radius 3 is 2.31 bits per heavy atom. The molecule has 1 aliphatic carbocycles. The number of rotatable bonds is 8. The lowest BCUT2D eigenvalue weighted by Gasteiger charge is -2.29. The number of anilines is 1. The first-order valence-corrected chi connectivity index (χ1v) is 12.0. The molecule has 2 aromatic carbocycles. The fourth-order valence-corrected chi connectivity index (χ4v) is 5.16. The van der Waals surface area contributed by atoms with Crippen LogP contribution in [0.5, 0.6) is 17.2 Å². The predicted octanol–water partition coefficient (Wildman–Crippen LogP) is 3.82. The Hall–Kier alpha value is -2.94. The first kappa shape index (κ1) is 23.7. The zero-order valence-corrected chi connectivity index (χ0v) is 19.6. The number of hydrogen-bond acceptors (Lipinski definition) is 6. The standard InChI is InChI=1S/C23H30N2O6S/c1-15-7-5-6-8-18(15)24-23(26)16-9-12-20(30-3)22(13-16)32(27,28)25-19-11-10-17(29-2)14-21(19)31-4/h9-15,18,25H,5-8H2,1-4H3,(H,24,26). The summed E-state index contributed by atoms with van der Waals surface area (Å²) in [5, 5.41) is 3.05. The summed E-state index contributed by atoms with van der Waals surface area (Å²) in [7, 11) is 0.240. The highest BCUT2D eigenvalue weighted by Crippen LogP contribution is 2.33. The topological polar surface area (TPSA) is 103 Å². The van der Waals surface area contributed by atoms with Crippen LogP contribution in [-0.2, 0) is 10.0 Å². The normalized spacial score (nSPS) is 18.5. The molecule has 2 aromatic rings. The van der Waals surface area contributed by atoms with Gasteiger partial charge in [0.25, 0.3) is 15.9 Å². The van der Waals surface area contributed by atoms with Crippen molar-refractivity contribution in [1.82, 2.24) is 5.32 Å². The summed E-state index contributed by atoms with van der Waals surface area (Å²) >= 11 is 0. The molecule has 0 heterocycles. The van der Waals surface area contributed by atoms with Gasteiger partial charge in [-0.3, -0.25) is 9.52 Å². The number of methoxy groups -OCH3 is 3. The van der Waals surface area contributed by atoms with E-state index in [0.29, 0.717) is 17.4 Å². The van der Waals surface area contributed by atoms with Gasteiger partial charge in [0.1, 0.15) is 22.1 Å². The molecule has 1 fully saturated rings. The molecule has 0 spiro atoms. The Balaban J connectivity index is 1.89. The fraction of sp³-hybridized carbons (Fsp3) is 0.435. The number of benzene rings is 2. The van der Waals surface area contributed by atoms with E-state index in [4.69, 9.17) is 14.2 Å². The van der Waals surface area contributed by atoms with Crippen molar-refractivity contribution < 1.29 is 27.4 Å². The van der Waals surface area contributed by atoms with Gasteiger partial charge in [-0.1, -0.05) is 19.8 Å². The number of carbonyl (C=O) groups excluding carboxylic acids is 1. The molecule has 0 saturated heterocycles. The third kappa shape index (κ3) is 5.27. The Kier molecular flexibility index (Phi) is 7.50. The van der Waals surface area contributed by atoms with Crippen molar-refractivity contribution in [3.8, 4) is 17.2 Å². The molecule has 1 amide bonds. The van der Waals surface area contributed by atoms with E-state index in [0.717, 1.165) is 19.3 Å². The highest BCUT2D eigenvalue weighted by atomic mass is 32.2. The van der Waals surface area contributed by atoms with Gasteiger partial charge in [-0.2, -0.15) is 0 Å². The maximum Gasteiger partial charge on any atom is 0.265 e. The van der Waals surface area contributed by atoms with Crippen molar-refractivity contribution in [2.75, 3.05) is 26.1 Å². The van der Waals surface area contributed by atoms with Crippen molar-refractivity contribution >= 4 is 21.6 Å². The minimum Gasteiger partial charge on any atom is -0.497 e. The highest BCUT2D eigenvalue weighted by molar-refractivity contribution is 7.92. The summed E-state index contributed by atoms with van der Waals surface area (Å²) in [5.74, 6) is 1.04. The molecule has 2 N–H and O–H groups in total. The van der Waals surface area contributed by atoms with Crippen molar-refractivity contribution in [3.63, 3.8) is 0 Å². The van der Waals surface area contributed by atoms with Crippen molar-refractivity contribution in [3.05, 3.63) is 42.0 Å². The van der Waals surface area contributed by atoms with Crippen LogP contribution in [0.25, 0.3) is 0 Å². The van der Waals surface area contributed by atoms with E-state index in [9.17, 15) is 13.2 Å². The number of sulfonamides is 1. The van der Waals surface area contributed by atoms with Crippen molar-refractivity contribution in [2.24, 2.45) is 5.92 Å². The van der Waals surface area contributed by atoms with E-state index in [1.165, 1.54) is 39.9 Å². The summed E-state index contributed by atoms with van der Waals surface area (Å²) in [6.45, 7) is 2.13. The van der Waals surface area contributed by atoms with Crippen molar-refractivity contribution in [2.45, 2.75) is 43.5 Å². The van der Waals surface area contributed by atoms with Crippen LogP contribution < -0.4 is 24.2 Å². The summed E-state index contributed by atoms with van der Waals surface area (Å²) in [5.41, 5.74) is 0.492. The van der Waals surface area contributed by atoms with Gasteiger partial charge in [0.05, 0.1) is 27.0 Å². The molecule has 8 nitrogen and oxygen atoms in total. The number of ether oxygens (including phenoxy) is 3. The Morgan fingerprint density at radius 1 is 0.938 bits per heavy atom. The molecule has 1 aliphatic rings. The first-order valence-electron chi connectivity index (χ1n) is 10.5. The minimum atomic E-state index is -4.08. The lowest BCUT2D eigenvalue weighted by atomic mass is 9.86. The van der Waals surface area contributed by atoms with Gasteiger partial charge in [-0.15, -0.1) is 0 Å². The summed E-state index contributed by atoms with van der Waals surface area (Å²) in [6.07, 6.45) is 4.23. The van der Waals surface area contributed by atoms with E-state index < -0.39 is 10.0 Å². The van der Waals surface area contributed by atoms with Crippen molar-refractivity contribution in [1.29, 1.82) is 0 Å². The predicted molar refractivity (Wildman–Crippen MR) is 122 cm³/mol. The second kappa shape index (κ2) is 10.1. The van der Waals surface area contributed by atoms with Gasteiger partial charge in [0.15, 0.2) is 0 Å². The van der Waals surface area contributed by atoms with E-state index in [1.54, 1.807) is 24.3 Å². The van der Waals surface area contributed by atoms with Crippen LogP contribution in [-0.4, -0.2) is 41.7 Å². The quantitative estimate of drug-likeness (QED) is 0.618. The van der Waals surface area contributed by atoms with Gasteiger partial charge in [-0.05, 0) is 49.1 Å². The average molecular weight is 463 g/mol. The third-order valence-electron chi connectivity index (χ3n) is 5.80. The van der Waals surface area contributed by atoms with Gasteiger partial charge in [0, 0.05) is 17.7 Å². The highest BCUT2D eigenvalue weighted by Gasteiger charge is 2.26. The van der Waals surface area contributed by atoms with Gasteiger partial charge < -0.3 is 19.5 Å². The van der Waals surface area contributed by atoms with Crippen LogP contribution in [0.2, 0.25) is 0 Å². The molecule has 0 aliphatic heterocycles. The monoisotopic (exact) mass is 462 g/mol. The number of hydrogen-bond donors (Lipinski definition) is 2. The smallest absolute Gasteiger partial charge is 0.265 e. The van der Waals surface area contributed by atoms with Gasteiger partial charge in [-0.25, -0.2) is 8.42 Å². The number of carbonyl (C=O) groups is 1. The van der Waals surface area contributed by atoms with E-state index >= 15 is 0 Å². The molecule has 1 saturated carbocycles. The zero-order valence-electron chi connectivity index (χ0n) is 18.8. The van der Waals surface area contributed by atoms with Crippen LogP contribution in [0, 0.1) is 5.92 Å².